The summed E-state index contributed by atoms with van der Waals surface area (Å²) in [4.78, 5) is 0. The van der Waals surface area contributed by atoms with Gasteiger partial charge >= 0.3 is 0 Å². The molecule has 1 fully saturated rings. The molecular formula is C22H35N. The normalized spacial score (nSPS) is 20.2. The lowest BCUT2D eigenvalue weighted by molar-refractivity contribution is 0.398. The summed E-state index contributed by atoms with van der Waals surface area (Å²) in [5.41, 5.74) is 5.63. The lowest BCUT2D eigenvalue weighted by Crippen LogP contribution is -2.22. The number of hydrogen-bond acceptors (Lipinski definition) is 1. The highest BCUT2D eigenvalue weighted by molar-refractivity contribution is 5.45. The van der Waals surface area contributed by atoms with Gasteiger partial charge in [-0.25, -0.2) is 0 Å². The van der Waals surface area contributed by atoms with E-state index in [0.717, 1.165) is 25.0 Å². The molecule has 1 heteroatoms. The highest BCUT2D eigenvalue weighted by atomic mass is 14.8. The summed E-state index contributed by atoms with van der Waals surface area (Å²) in [6.45, 7) is 17.8. The zero-order chi connectivity index (χ0) is 17.3. The van der Waals surface area contributed by atoms with Crippen LogP contribution in [0.5, 0.6) is 0 Å². The summed E-state index contributed by atoms with van der Waals surface area (Å²) < 4.78 is 0. The zero-order valence-electron chi connectivity index (χ0n) is 15.7. The van der Waals surface area contributed by atoms with Gasteiger partial charge in [0.25, 0.3) is 0 Å². The van der Waals surface area contributed by atoms with Crippen LogP contribution in [0.2, 0.25) is 0 Å². The number of rotatable bonds is 6. The molecule has 0 aromatic carbocycles. The van der Waals surface area contributed by atoms with Crippen LogP contribution in [0.4, 0.5) is 0 Å². The van der Waals surface area contributed by atoms with E-state index in [2.05, 4.69) is 51.4 Å². The Bertz CT molecular complexity index is 495. The van der Waals surface area contributed by atoms with E-state index in [9.17, 15) is 0 Å². The molecule has 2 rings (SSSR count). The molecule has 0 bridgehead atoms. The van der Waals surface area contributed by atoms with Crippen molar-refractivity contribution in [1.29, 1.82) is 0 Å². The largest absolute Gasteiger partial charge is 0.390 e. The Balaban J connectivity index is 0.000000784. The van der Waals surface area contributed by atoms with Gasteiger partial charge < -0.3 is 5.32 Å². The second-order valence-electron chi connectivity index (χ2n) is 7.24. The summed E-state index contributed by atoms with van der Waals surface area (Å²) in [5.74, 6) is 0. The van der Waals surface area contributed by atoms with Crippen molar-refractivity contribution in [2.75, 3.05) is 6.54 Å². The fourth-order valence-corrected chi connectivity index (χ4v) is 2.64. The summed E-state index contributed by atoms with van der Waals surface area (Å²) in [6.07, 6.45) is 16.1. The monoisotopic (exact) mass is 313 g/mol. The Kier molecular flexibility index (Phi) is 8.16. The lowest BCUT2D eigenvalue weighted by Gasteiger charge is -2.35. The average Bonchev–Trinajstić information content (AvgIpc) is 3.38. The van der Waals surface area contributed by atoms with Crippen molar-refractivity contribution < 1.29 is 0 Å². The van der Waals surface area contributed by atoms with Crippen LogP contribution in [0.25, 0.3) is 0 Å². The molecule has 0 aromatic rings. The Hall–Kier alpha value is -1.50. The van der Waals surface area contributed by atoms with Crippen molar-refractivity contribution in [1.82, 2.24) is 5.32 Å². The minimum Gasteiger partial charge on any atom is -0.390 e. The maximum Gasteiger partial charge on any atom is 0.0182 e. The van der Waals surface area contributed by atoms with Gasteiger partial charge in [-0.15, -0.1) is 0 Å². The maximum atomic E-state index is 4.27. The molecule has 1 saturated carbocycles. The van der Waals surface area contributed by atoms with Gasteiger partial charge in [0.05, 0.1) is 0 Å². The minimum absolute atomic E-state index is 0.260. The third-order valence-electron chi connectivity index (χ3n) is 4.39. The molecule has 0 saturated heterocycles. The Morgan fingerprint density at radius 1 is 1.26 bits per heavy atom. The van der Waals surface area contributed by atoms with Crippen molar-refractivity contribution in [2.24, 2.45) is 5.41 Å². The van der Waals surface area contributed by atoms with Gasteiger partial charge in [0.15, 0.2) is 0 Å². The molecule has 2 aliphatic rings. The van der Waals surface area contributed by atoms with Crippen LogP contribution in [0.15, 0.2) is 59.9 Å². The van der Waals surface area contributed by atoms with E-state index in [-0.39, 0.29) is 5.41 Å². The topological polar surface area (TPSA) is 12.0 Å². The van der Waals surface area contributed by atoms with Crippen LogP contribution in [0.1, 0.15) is 66.2 Å². The maximum absolute atomic E-state index is 4.27. The summed E-state index contributed by atoms with van der Waals surface area (Å²) in [6, 6.07) is 0. The zero-order valence-corrected chi connectivity index (χ0v) is 15.7. The Labute approximate surface area is 143 Å². The minimum atomic E-state index is 0.260. The van der Waals surface area contributed by atoms with Crippen molar-refractivity contribution >= 4 is 0 Å². The van der Waals surface area contributed by atoms with Crippen molar-refractivity contribution in [3.8, 4) is 0 Å². The van der Waals surface area contributed by atoms with Gasteiger partial charge in [-0.1, -0.05) is 70.1 Å². The molecule has 2 aliphatic carbocycles. The molecule has 23 heavy (non-hydrogen) atoms. The summed E-state index contributed by atoms with van der Waals surface area (Å²) in [5, 5.41) is 3.36. The molecule has 0 heterocycles. The second-order valence-corrected chi connectivity index (χ2v) is 7.24. The fraction of sp³-hybridized carbons (Fsp3) is 0.545. The molecule has 0 unspecified atom stereocenters. The molecule has 0 aliphatic heterocycles. The lowest BCUT2D eigenvalue weighted by atomic mass is 9.70. The van der Waals surface area contributed by atoms with E-state index >= 15 is 0 Å². The molecule has 128 valence electrons. The van der Waals surface area contributed by atoms with Crippen molar-refractivity contribution in [2.45, 2.75) is 66.2 Å². The van der Waals surface area contributed by atoms with Crippen LogP contribution in [-0.4, -0.2) is 6.54 Å². The molecule has 0 spiro atoms. The fourth-order valence-electron chi connectivity index (χ4n) is 2.64. The summed E-state index contributed by atoms with van der Waals surface area (Å²) >= 11 is 0. The van der Waals surface area contributed by atoms with Crippen LogP contribution < -0.4 is 5.32 Å². The van der Waals surface area contributed by atoms with Crippen LogP contribution in [0, 0.1) is 5.41 Å². The Morgan fingerprint density at radius 3 is 2.43 bits per heavy atom. The highest BCUT2D eigenvalue weighted by Gasteiger charge is 2.29. The van der Waals surface area contributed by atoms with Gasteiger partial charge in [0, 0.05) is 6.54 Å². The van der Waals surface area contributed by atoms with E-state index in [1.165, 1.54) is 42.4 Å². The van der Waals surface area contributed by atoms with E-state index in [0.29, 0.717) is 0 Å². The molecule has 1 nitrogen and oxygen atoms in total. The first-order valence-electron chi connectivity index (χ1n) is 8.99. The second kappa shape index (κ2) is 9.60. The molecule has 0 aromatic heterocycles. The van der Waals surface area contributed by atoms with Crippen LogP contribution in [-0.2, 0) is 0 Å². The van der Waals surface area contributed by atoms with E-state index < -0.39 is 0 Å². The third-order valence-corrected chi connectivity index (χ3v) is 4.39. The van der Waals surface area contributed by atoms with Gasteiger partial charge in [-0.2, -0.15) is 0 Å². The van der Waals surface area contributed by atoms with Gasteiger partial charge in [0.1, 0.15) is 0 Å². The summed E-state index contributed by atoms with van der Waals surface area (Å²) in [7, 11) is 0. The predicted molar refractivity (Wildman–Crippen MR) is 104 cm³/mol. The number of hydrogen-bond donors (Lipinski definition) is 1. The quantitative estimate of drug-likeness (QED) is 0.437. The van der Waals surface area contributed by atoms with Crippen molar-refractivity contribution in [3.63, 3.8) is 0 Å². The molecule has 0 atom stereocenters. The SMILES string of the molecule is C1CC1.C=C/C(C)=C\NCCC1=C(/C=C\C)C(C)(C)CCC1=C. The van der Waals surface area contributed by atoms with Gasteiger partial charge in [0.2, 0.25) is 0 Å². The first-order chi connectivity index (χ1) is 10.9. The molecule has 0 amide bonds. The van der Waals surface area contributed by atoms with E-state index in [4.69, 9.17) is 0 Å². The van der Waals surface area contributed by atoms with Gasteiger partial charge in [-0.05, 0) is 61.4 Å². The first kappa shape index (κ1) is 19.5. The number of allylic oxidation sites excluding steroid dienone is 6. The van der Waals surface area contributed by atoms with Crippen LogP contribution >= 0.6 is 0 Å². The standard InChI is InChI=1S/C19H29N.C3H6/c1-7-9-18-17(11-13-20-14-15(3)8-2)16(4)10-12-19(18,5)6;1-2-3-1/h7-9,14,20H,2,4,10-13H2,1,3,5-6H3;1-3H2/b9-7-,15-14-;. The first-order valence-corrected chi connectivity index (χ1v) is 8.99. The predicted octanol–water partition coefficient (Wildman–Crippen LogP) is 6.48. The van der Waals surface area contributed by atoms with Crippen molar-refractivity contribution in [3.05, 3.63) is 59.9 Å². The van der Waals surface area contributed by atoms with E-state index in [1.807, 2.05) is 19.2 Å². The molecular weight excluding hydrogens is 278 g/mol. The average molecular weight is 314 g/mol. The highest BCUT2D eigenvalue weighted by Crippen LogP contribution is 2.43. The van der Waals surface area contributed by atoms with Crippen LogP contribution in [0.3, 0.4) is 0 Å². The van der Waals surface area contributed by atoms with E-state index in [1.54, 1.807) is 0 Å². The number of nitrogens with one attached hydrogen (secondary N) is 1. The Morgan fingerprint density at radius 2 is 1.91 bits per heavy atom. The smallest absolute Gasteiger partial charge is 0.0182 e. The third kappa shape index (κ3) is 7.07. The van der Waals surface area contributed by atoms with Gasteiger partial charge in [-0.3, -0.25) is 0 Å². The molecule has 0 radical (unpaired) electrons. The molecule has 1 N–H and O–H groups in total.